The van der Waals surface area contributed by atoms with Crippen molar-refractivity contribution >= 4 is 5.69 Å². The molecule has 2 aliphatic rings. The zero-order valence-electron chi connectivity index (χ0n) is 13.5. The largest absolute Gasteiger partial charge is 0.384 e. The van der Waals surface area contributed by atoms with Gasteiger partial charge in [-0.15, -0.1) is 0 Å². The van der Waals surface area contributed by atoms with Crippen LogP contribution in [0.15, 0.2) is 18.2 Å². The van der Waals surface area contributed by atoms with Crippen LogP contribution in [0.25, 0.3) is 0 Å². The number of nitrogens with zero attached hydrogens (tertiary/aromatic N) is 1. The van der Waals surface area contributed by atoms with Crippen LogP contribution in [0.3, 0.4) is 0 Å². The van der Waals surface area contributed by atoms with Gasteiger partial charge in [0.2, 0.25) is 0 Å². The second-order valence-corrected chi connectivity index (χ2v) is 6.81. The molecular formula is C18H29N3. The van der Waals surface area contributed by atoms with Gasteiger partial charge in [-0.2, -0.15) is 0 Å². The molecule has 116 valence electrons. The molecule has 2 heterocycles. The summed E-state index contributed by atoms with van der Waals surface area (Å²) in [5, 5.41) is 7.24. The van der Waals surface area contributed by atoms with Gasteiger partial charge in [0.25, 0.3) is 0 Å². The highest BCUT2D eigenvalue weighted by Crippen LogP contribution is 2.26. The first kappa shape index (κ1) is 14.9. The van der Waals surface area contributed by atoms with Crippen molar-refractivity contribution in [2.45, 2.75) is 45.7 Å². The van der Waals surface area contributed by atoms with Crippen molar-refractivity contribution in [1.82, 2.24) is 10.2 Å². The number of anilines is 1. The number of fused-ring (bicyclic) bond motifs is 1. The second-order valence-electron chi connectivity index (χ2n) is 6.81. The average Bonchev–Trinajstić information content (AvgIpc) is 3.14. The van der Waals surface area contributed by atoms with Gasteiger partial charge in [-0.3, -0.25) is 4.90 Å². The third-order valence-corrected chi connectivity index (χ3v) is 4.98. The summed E-state index contributed by atoms with van der Waals surface area (Å²) >= 11 is 0. The molecule has 0 saturated carbocycles. The van der Waals surface area contributed by atoms with Crippen LogP contribution >= 0.6 is 0 Å². The van der Waals surface area contributed by atoms with Gasteiger partial charge < -0.3 is 10.6 Å². The van der Waals surface area contributed by atoms with Crippen LogP contribution in [0.4, 0.5) is 5.69 Å². The van der Waals surface area contributed by atoms with Gasteiger partial charge in [0.1, 0.15) is 0 Å². The number of para-hydroxylation sites is 1. The lowest BCUT2D eigenvalue weighted by atomic mass is 10.0. The molecule has 0 radical (unpaired) electrons. The van der Waals surface area contributed by atoms with Crippen molar-refractivity contribution in [1.29, 1.82) is 0 Å². The van der Waals surface area contributed by atoms with Crippen LogP contribution in [0.5, 0.6) is 0 Å². The van der Waals surface area contributed by atoms with E-state index in [9.17, 15) is 0 Å². The van der Waals surface area contributed by atoms with Crippen LogP contribution in [-0.4, -0.2) is 37.1 Å². The molecule has 2 aliphatic heterocycles. The summed E-state index contributed by atoms with van der Waals surface area (Å²) in [7, 11) is 0. The Morgan fingerprint density at radius 3 is 2.81 bits per heavy atom. The van der Waals surface area contributed by atoms with Crippen molar-refractivity contribution in [2.24, 2.45) is 5.92 Å². The van der Waals surface area contributed by atoms with E-state index in [-0.39, 0.29) is 0 Å². The maximum absolute atomic E-state index is 3.71. The van der Waals surface area contributed by atoms with E-state index >= 15 is 0 Å². The lowest BCUT2D eigenvalue weighted by Gasteiger charge is -2.31. The summed E-state index contributed by atoms with van der Waals surface area (Å²) < 4.78 is 0. The summed E-state index contributed by atoms with van der Waals surface area (Å²) in [5.74, 6) is 0.718. The van der Waals surface area contributed by atoms with Crippen molar-refractivity contribution in [2.75, 3.05) is 31.5 Å². The SMILES string of the molecule is CC(C)C(CNCc1cccc2c1NCC2)N1CCCC1. The number of likely N-dealkylation sites (tertiary alicyclic amines) is 1. The maximum Gasteiger partial charge on any atom is 0.0419 e. The summed E-state index contributed by atoms with van der Waals surface area (Å²) in [4.78, 5) is 2.67. The topological polar surface area (TPSA) is 27.3 Å². The highest BCUT2D eigenvalue weighted by atomic mass is 15.2. The molecule has 1 aromatic carbocycles. The molecule has 0 spiro atoms. The molecule has 21 heavy (non-hydrogen) atoms. The van der Waals surface area contributed by atoms with Gasteiger partial charge in [-0.1, -0.05) is 32.0 Å². The normalized spacial score (nSPS) is 19.8. The number of hydrogen-bond acceptors (Lipinski definition) is 3. The zero-order chi connectivity index (χ0) is 14.7. The molecule has 1 atom stereocenters. The van der Waals surface area contributed by atoms with E-state index in [1.54, 1.807) is 0 Å². The van der Waals surface area contributed by atoms with Crippen molar-refractivity contribution in [3.05, 3.63) is 29.3 Å². The Hall–Kier alpha value is -1.06. The monoisotopic (exact) mass is 287 g/mol. The van der Waals surface area contributed by atoms with E-state index < -0.39 is 0 Å². The van der Waals surface area contributed by atoms with Gasteiger partial charge in [0.15, 0.2) is 0 Å². The number of hydrogen-bond donors (Lipinski definition) is 2. The van der Waals surface area contributed by atoms with E-state index in [0.29, 0.717) is 6.04 Å². The van der Waals surface area contributed by atoms with Crippen molar-refractivity contribution in [3.63, 3.8) is 0 Å². The van der Waals surface area contributed by atoms with Crippen LogP contribution in [0.2, 0.25) is 0 Å². The summed E-state index contributed by atoms with van der Waals surface area (Å²) in [6.45, 7) is 10.4. The fraction of sp³-hybridized carbons (Fsp3) is 0.667. The Bertz CT molecular complexity index is 464. The molecule has 3 nitrogen and oxygen atoms in total. The Balaban J connectivity index is 1.56. The highest BCUT2D eigenvalue weighted by molar-refractivity contribution is 5.61. The third kappa shape index (κ3) is 3.41. The molecule has 1 aromatic rings. The van der Waals surface area contributed by atoms with Gasteiger partial charge in [0.05, 0.1) is 0 Å². The zero-order valence-corrected chi connectivity index (χ0v) is 13.5. The fourth-order valence-corrected chi connectivity index (χ4v) is 3.77. The maximum atomic E-state index is 3.71. The first-order chi connectivity index (χ1) is 10.3. The molecule has 1 unspecified atom stereocenters. The van der Waals surface area contributed by atoms with Gasteiger partial charge in [-0.05, 0) is 49.4 Å². The first-order valence-electron chi connectivity index (χ1n) is 8.55. The molecule has 2 N–H and O–H groups in total. The minimum atomic E-state index is 0.678. The smallest absolute Gasteiger partial charge is 0.0419 e. The Morgan fingerprint density at radius 2 is 2.05 bits per heavy atom. The highest BCUT2D eigenvalue weighted by Gasteiger charge is 2.24. The predicted octanol–water partition coefficient (Wildman–Crippen LogP) is 2.86. The van der Waals surface area contributed by atoms with Crippen molar-refractivity contribution < 1.29 is 0 Å². The van der Waals surface area contributed by atoms with E-state index in [1.165, 1.54) is 49.2 Å². The van der Waals surface area contributed by atoms with E-state index in [4.69, 9.17) is 0 Å². The number of rotatable bonds is 6. The van der Waals surface area contributed by atoms with E-state index in [0.717, 1.165) is 25.6 Å². The lowest BCUT2D eigenvalue weighted by molar-refractivity contribution is 0.186. The molecule has 0 amide bonds. The van der Waals surface area contributed by atoms with Crippen LogP contribution in [-0.2, 0) is 13.0 Å². The van der Waals surface area contributed by atoms with Gasteiger partial charge in [-0.25, -0.2) is 0 Å². The average molecular weight is 287 g/mol. The van der Waals surface area contributed by atoms with Crippen LogP contribution < -0.4 is 10.6 Å². The summed E-state index contributed by atoms with van der Waals surface area (Å²) in [6.07, 6.45) is 3.92. The Labute approximate surface area is 129 Å². The van der Waals surface area contributed by atoms with Gasteiger partial charge in [0, 0.05) is 31.4 Å². The Morgan fingerprint density at radius 1 is 1.24 bits per heavy atom. The quantitative estimate of drug-likeness (QED) is 0.842. The molecule has 3 heteroatoms. The lowest BCUT2D eigenvalue weighted by Crippen LogP contribution is -2.44. The standard InChI is InChI=1S/C18H29N3/c1-14(2)17(21-10-3-4-11-21)13-19-12-16-7-5-6-15-8-9-20-18(15)16/h5-7,14,17,19-20H,3-4,8-13H2,1-2H3. The van der Waals surface area contributed by atoms with Crippen LogP contribution in [0, 0.1) is 5.92 Å². The Kier molecular flexibility index (Phi) is 4.81. The molecule has 3 rings (SSSR count). The molecule has 1 saturated heterocycles. The summed E-state index contributed by atoms with van der Waals surface area (Å²) in [5.41, 5.74) is 4.29. The second kappa shape index (κ2) is 6.80. The van der Waals surface area contributed by atoms with Crippen LogP contribution in [0.1, 0.15) is 37.8 Å². The molecule has 0 bridgehead atoms. The number of nitrogens with one attached hydrogen (secondary N) is 2. The minimum Gasteiger partial charge on any atom is -0.384 e. The number of benzene rings is 1. The molecule has 0 aliphatic carbocycles. The molecule has 0 aromatic heterocycles. The molecule has 1 fully saturated rings. The fourth-order valence-electron chi connectivity index (χ4n) is 3.77. The van der Waals surface area contributed by atoms with E-state index in [2.05, 4.69) is 47.6 Å². The minimum absolute atomic E-state index is 0.678. The predicted molar refractivity (Wildman–Crippen MR) is 89.8 cm³/mol. The third-order valence-electron chi connectivity index (χ3n) is 4.98. The molecular weight excluding hydrogens is 258 g/mol. The van der Waals surface area contributed by atoms with Gasteiger partial charge >= 0.3 is 0 Å². The van der Waals surface area contributed by atoms with Crippen molar-refractivity contribution in [3.8, 4) is 0 Å². The van der Waals surface area contributed by atoms with E-state index in [1.807, 2.05) is 0 Å². The first-order valence-corrected chi connectivity index (χ1v) is 8.55. The summed E-state index contributed by atoms with van der Waals surface area (Å²) in [6, 6.07) is 7.38.